The summed E-state index contributed by atoms with van der Waals surface area (Å²) in [5, 5.41) is 59.7. The van der Waals surface area contributed by atoms with E-state index in [1.54, 1.807) is 0 Å². The molecule has 0 spiro atoms. The van der Waals surface area contributed by atoms with E-state index in [-0.39, 0.29) is 0 Å². The molecular weight excluding hydrogens is 398 g/mol. The molecule has 31 heavy (non-hydrogen) atoms. The fraction of sp³-hybridized carbons (Fsp3) is 1.00. The topological polar surface area (TPSA) is 133 Å². The molecule has 0 rings (SSSR count). The van der Waals surface area contributed by atoms with E-state index in [0.717, 1.165) is 19.3 Å². The number of nitrogens with one attached hydrogen (secondary N) is 1. The fourth-order valence-corrected chi connectivity index (χ4v) is 3.77. The minimum atomic E-state index is -1.75. The Morgan fingerprint density at radius 2 is 0.903 bits per heavy atom. The van der Waals surface area contributed by atoms with Crippen LogP contribution in [0.4, 0.5) is 0 Å². The van der Waals surface area contributed by atoms with Crippen LogP contribution in [0.3, 0.4) is 0 Å². The van der Waals surface area contributed by atoms with Gasteiger partial charge in [-0.25, -0.2) is 0 Å². The SMILES string of the molecule is CCCCCCCCCCCCCCCCCCNC(O)[C@H](O)[C@H](O)[C@H](O)[C@@H](O)CO. The molecule has 1 unspecified atom stereocenters. The maximum absolute atomic E-state index is 9.84. The zero-order chi connectivity index (χ0) is 23.3. The van der Waals surface area contributed by atoms with Crippen molar-refractivity contribution in [2.45, 2.75) is 140 Å². The Labute approximate surface area is 189 Å². The van der Waals surface area contributed by atoms with E-state index in [9.17, 15) is 25.5 Å². The number of hydrogen-bond donors (Lipinski definition) is 7. The minimum absolute atomic E-state index is 0.488. The van der Waals surface area contributed by atoms with Crippen molar-refractivity contribution >= 4 is 0 Å². The first kappa shape index (κ1) is 30.7. The molecule has 0 aliphatic carbocycles. The van der Waals surface area contributed by atoms with Crippen molar-refractivity contribution in [3.8, 4) is 0 Å². The molecule has 0 bridgehead atoms. The van der Waals surface area contributed by atoms with Gasteiger partial charge in [-0.05, 0) is 13.0 Å². The van der Waals surface area contributed by atoms with E-state index in [0.29, 0.717) is 6.54 Å². The highest BCUT2D eigenvalue weighted by molar-refractivity contribution is 4.83. The molecule has 5 atom stereocenters. The highest BCUT2D eigenvalue weighted by atomic mass is 16.4. The second kappa shape index (κ2) is 21.6. The molecule has 188 valence electrons. The summed E-state index contributed by atoms with van der Waals surface area (Å²) in [6.07, 6.45) is 12.4. The van der Waals surface area contributed by atoms with Gasteiger partial charge in [0.1, 0.15) is 30.6 Å². The lowest BCUT2D eigenvalue weighted by molar-refractivity contribution is -0.145. The van der Waals surface area contributed by atoms with E-state index in [2.05, 4.69) is 12.2 Å². The fourth-order valence-electron chi connectivity index (χ4n) is 3.77. The average molecular weight is 450 g/mol. The Hall–Kier alpha value is -0.280. The quantitative estimate of drug-likeness (QED) is 0.0942. The first-order valence-electron chi connectivity index (χ1n) is 12.7. The summed E-state index contributed by atoms with van der Waals surface area (Å²) >= 11 is 0. The standard InChI is InChI=1S/C24H51NO6/c1-2-3-4-5-6-7-8-9-10-11-12-13-14-15-16-17-18-25-24(31)23(30)22(29)21(28)20(27)19-26/h20-31H,2-19H2,1H3/t20-,21+,22+,23+,24?/m0/s1. The van der Waals surface area contributed by atoms with Gasteiger partial charge in [0, 0.05) is 0 Å². The van der Waals surface area contributed by atoms with Crippen molar-refractivity contribution in [2.75, 3.05) is 13.2 Å². The van der Waals surface area contributed by atoms with Crippen molar-refractivity contribution in [2.24, 2.45) is 0 Å². The molecule has 0 amide bonds. The van der Waals surface area contributed by atoms with E-state index < -0.39 is 37.3 Å². The monoisotopic (exact) mass is 449 g/mol. The average Bonchev–Trinajstić information content (AvgIpc) is 2.78. The number of aliphatic hydroxyl groups excluding tert-OH is 6. The molecule has 7 N–H and O–H groups in total. The van der Waals surface area contributed by atoms with Crippen molar-refractivity contribution in [1.29, 1.82) is 0 Å². The van der Waals surface area contributed by atoms with Gasteiger partial charge < -0.3 is 30.6 Å². The van der Waals surface area contributed by atoms with E-state index in [4.69, 9.17) is 5.11 Å². The van der Waals surface area contributed by atoms with Gasteiger partial charge >= 0.3 is 0 Å². The molecule has 0 fully saturated rings. The van der Waals surface area contributed by atoms with Crippen molar-refractivity contribution in [3.05, 3.63) is 0 Å². The molecule has 0 saturated carbocycles. The maximum Gasteiger partial charge on any atom is 0.133 e. The van der Waals surface area contributed by atoms with Crippen LogP contribution in [0.1, 0.15) is 110 Å². The van der Waals surface area contributed by atoms with Crippen LogP contribution in [0.25, 0.3) is 0 Å². The van der Waals surface area contributed by atoms with Gasteiger partial charge in [0.2, 0.25) is 0 Å². The third kappa shape index (κ3) is 16.9. The largest absolute Gasteiger partial charge is 0.394 e. The van der Waals surface area contributed by atoms with E-state index in [1.165, 1.54) is 83.5 Å². The van der Waals surface area contributed by atoms with Crippen molar-refractivity contribution in [1.82, 2.24) is 5.32 Å². The van der Waals surface area contributed by atoms with Gasteiger partial charge in [-0.15, -0.1) is 0 Å². The van der Waals surface area contributed by atoms with Gasteiger partial charge in [-0.3, -0.25) is 5.32 Å². The first-order chi connectivity index (χ1) is 15.0. The maximum atomic E-state index is 9.84. The summed E-state index contributed by atoms with van der Waals surface area (Å²) < 4.78 is 0. The van der Waals surface area contributed by atoms with Crippen molar-refractivity contribution < 1.29 is 30.6 Å². The molecule has 7 heteroatoms. The summed E-state index contributed by atoms with van der Waals surface area (Å²) in [4.78, 5) is 0. The molecule has 0 aliphatic rings. The van der Waals surface area contributed by atoms with Crippen LogP contribution >= 0.6 is 0 Å². The summed E-state index contributed by atoms with van der Waals surface area (Å²) in [7, 11) is 0. The molecular formula is C24H51NO6. The van der Waals surface area contributed by atoms with Crippen LogP contribution in [-0.2, 0) is 0 Å². The third-order valence-electron chi connectivity index (χ3n) is 5.99. The predicted molar refractivity (Wildman–Crippen MR) is 125 cm³/mol. The summed E-state index contributed by atoms with van der Waals surface area (Å²) in [6.45, 7) is 2.00. The van der Waals surface area contributed by atoms with Gasteiger partial charge in [0.05, 0.1) is 6.61 Å². The number of aliphatic hydroxyl groups is 6. The first-order valence-corrected chi connectivity index (χ1v) is 12.7. The molecule has 0 radical (unpaired) electrons. The highest BCUT2D eigenvalue weighted by Crippen LogP contribution is 2.14. The number of unbranched alkanes of at least 4 members (excludes halogenated alkanes) is 15. The molecule has 0 aromatic carbocycles. The number of rotatable bonds is 23. The lowest BCUT2D eigenvalue weighted by atomic mass is 10.0. The van der Waals surface area contributed by atoms with Crippen LogP contribution in [0.15, 0.2) is 0 Å². The Morgan fingerprint density at radius 1 is 0.516 bits per heavy atom. The van der Waals surface area contributed by atoms with Crippen LogP contribution in [0, 0.1) is 0 Å². The van der Waals surface area contributed by atoms with E-state index in [1.807, 2.05) is 0 Å². The van der Waals surface area contributed by atoms with Gasteiger partial charge in [0.25, 0.3) is 0 Å². The highest BCUT2D eigenvalue weighted by Gasteiger charge is 2.33. The Bertz CT molecular complexity index is 374. The van der Waals surface area contributed by atoms with Crippen LogP contribution in [0.2, 0.25) is 0 Å². The third-order valence-corrected chi connectivity index (χ3v) is 5.99. The molecule has 0 aromatic rings. The van der Waals surface area contributed by atoms with Gasteiger partial charge in [-0.1, -0.05) is 103 Å². The lowest BCUT2D eigenvalue weighted by Gasteiger charge is -2.28. The van der Waals surface area contributed by atoms with E-state index >= 15 is 0 Å². The second-order valence-corrected chi connectivity index (χ2v) is 8.92. The number of hydrogen-bond acceptors (Lipinski definition) is 7. The minimum Gasteiger partial charge on any atom is -0.394 e. The van der Waals surface area contributed by atoms with Crippen molar-refractivity contribution in [3.63, 3.8) is 0 Å². The van der Waals surface area contributed by atoms with Crippen LogP contribution in [0.5, 0.6) is 0 Å². The van der Waals surface area contributed by atoms with Crippen LogP contribution in [-0.4, -0.2) is 74.4 Å². The Balaban J connectivity index is 3.44. The lowest BCUT2D eigenvalue weighted by Crippen LogP contribution is -2.53. The zero-order valence-electron chi connectivity index (χ0n) is 19.8. The van der Waals surface area contributed by atoms with Gasteiger partial charge in [-0.2, -0.15) is 0 Å². The molecule has 0 aliphatic heterocycles. The molecule has 7 nitrogen and oxygen atoms in total. The summed E-state index contributed by atoms with van der Waals surface area (Å²) in [6, 6.07) is 0. The smallest absolute Gasteiger partial charge is 0.133 e. The van der Waals surface area contributed by atoms with Crippen LogP contribution < -0.4 is 5.32 Å². The van der Waals surface area contributed by atoms with Gasteiger partial charge in [0.15, 0.2) is 0 Å². The molecule has 0 saturated heterocycles. The zero-order valence-corrected chi connectivity index (χ0v) is 19.8. The second-order valence-electron chi connectivity index (χ2n) is 8.92. The molecule has 0 heterocycles. The Kier molecular flexibility index (Phi) is 21.4. The predicted octanol–water partition coefficient (Wildman–Crippen LogP) is 2.59. The summed E-state index contributed by atoms with van der Waals surface area (Å²) in [5.74, 6) is 0. The normalized spacial score (nSPS) is 16.7. The summed E-state index contributed by atoms with van der Waals surface area (Å²) in [5.41, 5.74) is 0. The Morgan fingerprint density at radius 3 is 1.29 bits per heavy atom. The molecule has 0 aromatic heterocycles.